The second-order valence-electron chi connectivity index (χ2n) is 10.3. The first-order valence-electron chi connectivity index (χ1n) is 12.1. The Morgan fingerprint density at radius 3 is 2.45 bits per heavy atom. The highest BCUT2D eigenvalue weighted by Crippen LogP contribution is 2.62. The molecule has 3 heteroatoms. The molecule has 0 spiro atoms. The maximum absolute atomic E-state index is 12.1. The zero-order chi connectivity index (χ0) is 22.4. The van der Waals surface area contributed by atoms with Crippen LogP contribution in [-0.4, -0.2) is 33.8 Å². The van der Waals surface area contributed by atoms with Crippen LogP contribution in [-0.2, 0) is 24.8 Å². The molecule has 0 saturated heterocycles. The molecular weight excluding hydrogens is 382 g/mol. The lowest BCUT2D eigenvalue weighted by molar-refractivity contribution is -0.111. The van der Waals surface area contributed by atoms with Gasteiger partial charge in [-0.15, -0.1) is 0 Å². The molecule has 2 N–H and O–H groups in total. The van der Waals surface area contributed by atoms with Gasteiger partial charge in [0.25, 0.3) is 0 Å². The van der Waals surface area contributed by atoms with Crippen molar-refractivity contribution in [3.05, 3.63) is 64.7 Å². The number of aliphatic hydroxyl groups is 1. The van der Waals surface area contributed by atoms with E-state index in [1.807, 2.05) is 6.07 Å². The Morgan fingerprint density at radius 2 is 1.81 bits per heavy atom. The SMILES string of the molecule is CCCC12c3c(ccc(O)c3C[C@H]1C(CC)N(C)Cc1ccccc1)CC(C)C2(C)O. The van der Waals surface area contributed by atoms with Crippen molar-refractivity contribution in [2.45, 2.75) is 83.4 Å². The highest BCUT2D eigenvalue weighted by Gasteiger charge is 2.63. The van der Waals surface area contributed by atoms with Gasteiger partial charge < -0.3 is 10.2 Å². The van der Waals surface area contributed by atoms with Gasteiger partial charge in [-0.1, -0.05) is 63.6 Å². The van der Waals surface area contributed by atoms with Crippen LogP contribution < -0.4 is 0 Å². The zero-order valence-electron chi connectivity index (χ0n) is 19.9. The summed E-state index contributed by atoms with van der Waals surface area (Å²) in [6.07, 6.45) is 4.72. The van der Waals surface area contributed by atoms with Gasteiger partial charge in [0.05, 0.1) is 5.60 Å². The Morgan fingerprint density at radius 1 is 1.10 bits per heavy atom. The van der Waals surface area contributed by atoms with Gasteiger partial charge in [-0.05, 0) is 79.8 Å². The first-order valence-corrected chi connectivity index (χ1v) is 12.1. The summed E-state index contributed by atoms with van der Waals surface area (Å²) < 4.78 is 0. The number of phenols is 1. The van der Waals surface area contributed by atoms with E-state index >= 15 is 0 Å². The minimum Gasteiger partial charge on any atom is -0.508 e. The molecule has 4 rings (SSSR count). The van der Waals surface area contributed by atoms with Crippen LogP contribution in [0.1, 0.15) is 69.2 Å². The van der Waals surface area contributed by atoms with Crippen LogP contribution in [0, 0.1) is 11.8 Å². The van der Waals surface area contributed by atoms with Gasteiger partial charge in [0.15, 0.2) is 0 Å². The summed E-state index contributed by atoms with van der Waals surface area (Å²) in [4.78, 5) is 2.48. The Labute approximate surface area is 188 Å². The van der Waals surface area contributed by atoms with E-state index < -0.39 is 5.60 Å². The number of nitrogens with zero attached hydrogens (tertiary/aromatic N) is 1. The van der Waals surface area contributed by atoms with Gasteiger partial charge in [-0.3, -0.25) is 4.90 Å². The van der Waals surface area contributed by atoms with Crippen LogP contribution in [0.3, 0.4) is 0 Å². The van der Waals surface area contributed by atoms with Crippen LogP contribution in [0.25, 0.3) is 0 Å². The van der Waals surface area contributed by atoms with Crippen LogP contribution in [0.2, 0.25) is 0 Å². The van der Waals surface area contributed by atoms with E-state index in [9.17, 15) is 10.2 Å². The quantitative estimate of drug-likeness (QED) is 0.624. The summed E-state index contributed by atoms with van der Waals surface area (Å²) in [6.45, 7) is 9.68. The Bertz CT molecular complexity index is 922. The fourth-order valence-electron chi connectivity index (χ4n) is 7.11. The van der Waals surface area contributed by atoms with Crippen molar-refractivity contribution in [2.24, 2.45) is 11.8 Å². The number of aromatic hydroxyl groups is 1. The van der Waals surface area contributed by atoms with Crippen molar-refractivity contribution in [2.75, 3.05) is 7.05 Å². The average molecular weight is 422 g/mol. The molecule has 0 bridgehead atoms. The van der Waals surface area contributed by atoms with E-state index in [0.717, 1.165) is 44.2 Å². The maximum Gasteiger partial charge on any atom is 0.119 e. The van der Waals surface area contributed by atoms with E-state index in [1.165, 1.54) is 16.7 Å². The van der Waals surface area contributed by atoms with Gasteiger partial charge >= 0.3 is 0 Å². The monoisotopic (exact) mass is 421 g/mol. The standard InChI is InChI=1S/C28H39NO2/c1-6-15-28-23(24(7-2)29(5)18-20-11-9-8-10-12-20)17-22-25(30)14-13-21(26(22)28)16-19(3)27(28,4)31/h8-14,19,23-24,30-31H,6-7,15-18H2,1-5H3/t19?,23-,24?,27?,28?/m0/s1. The second-order valence-corrected chi connectivity index (χ2v) is 10.3. The number of rotatable bonds is 7. The fraction of sp³-hybridized carbons (Fsp3) is 0.571. The topological polar surface area (TPSA) is 43.7 Å². The smallest absolute Gasteiger partial charge is 0.119 e. The molecule has 0 amide bonds. The molecule has 2 aliphatic rings. The molecule has 0 aromatic heterocycles. The third kappa shape index (κ3) is 3.32. The second kappa shape index (κ2) is 8.26. The van der Waals surface area contributed by atoms with E-state index in [1.54, 1.807) is 0 Å². The van der Waals surface area contributed by atoms with Crippen molar-refractivity contribution in [3.63, 3.8) is 0 Å². The van der Waals surface area contributed by atoms with Crippen LogP contribution in [0.5, 0.6) is 5.75 Å². The molecule has 0 saturated carbocycles. The molecule has 2 aliphatic carbocycles. The average Bonchev–Trinajstić information content (AvgIpc) is 3.08. The largest absolute Gasteiger partial charge is 0.508 e. The highest BCUT2D eigenvalue weighted by molar-refractivity contribution is 5.57. The first kappa shape index (κ1) is 22.4. The summed E-state index contributed by atoms with van der Waals surface area (Å²) in [5.41, 5.74) is 3.89. The number of hydrogen-bond acceptors (Lipinski definition) is 3. The fourth-order valence-corrected chi connectivity index (χ4v) is 7.11. The van der Waals surface area contributed by atoms with Gasteiger partial charge in [0, 0.05) is 18.0 Å². The molecule has 0 heterocycles. The molecule has 2 aromatic carbocycles. The normalized spacial score (nSPS) is 30.4. The van der Waals surface area contributed by atoms with Gasteiger partial charge in [0.2, 0.25) is 0 Å². The minimum atomic E-state index is -0.805. The van der Waals surface area contributed by atoms with E-state index in [2.05, 4.69) is 76.0 Å². The van der Waals surface area contributed by atoms with Crippen molar-refractivity contribution in [1.29, 1.82) is 0 Å². The summed E-state index contributed by atoms with van der Waals surface area (Å²) in [5.74, 6) is 0.861. The van der Waals surface area contributed by atoms with Crippen molar-refractivity contribution < 1.29 is 10.2 Å². The maximum atomic E-state index is 12.1. The Kier molecular flexibility index (Phi) is 5.95. The molecule has 0 aliphatic heterocycles. The Hall–Kier alpha value is -1.84. The van der Waals surface area contributed by atoms with E-state index in [-0.39, 0.29) is 17.3 Å². The summed E-state index contributed by atoms with van der Waals surface area (Å²) >= 11 is 0. The molecule has 4 unspecified atom stereocenters. The summed E-state index contributed by atoms with van der Waals surface area (Å²) in [6, 6.07) is 15.0. The van der Waals surface area contributed by atoms with Crippen molar-refractivity contribution >= 4 is 0 Å². The summed E-state index contributed by atoms with van der Waals surface area (Å²) in [7, 11) is 2.23. The molecule has 3 nitrogen and oxygen atoms in total. The van der Waals surface area contributed by atoms with Crippen molar-refractivity contribution in [3.8, 4) is 5.75 Å². The molecule has 168 valence electrons. The van der Waals surface area contributed by atoms with E-state index in [4.69, 9.17) is 0 Å². The zero-order valence-corrected chi connectivity index (χ0v) is 19.9. The van der Waals surface area contributed by atoms with Gasteiger partial charge in [0.1, 0.15) is 5.75 Å². The number of hydrogen-bond donors (Lipinski definition) is 2. The van der Waals surface area contributed by atoms with Crippen LogP contribution in [0.15, 0.2) is 42.5 Å². The molecule has 0 fully saturated rings. The van der Waals surface area contributed by atoms with E-state index in [0.29, 0.717) is 11.8 Å². The minimum absolute atomic E-state index is 0.182. The molecule has 5 atom stereocenters. The number of benzene rings is 2. The summed E-state index contributed by atoms with van der Waals surface area (Å²) in [5, 5.41) is 23.0. The highest BCUT2D eigenvalue weighted by atomic mass is 16.3. The third-order valence-electron chi connectivity index (χ3n) is 8.63. The predicted octanol–water partition coefficient (Wildman–Crippen LogP) is 5.46. The van der Waals surface area contributed by atoms with Crippen LogP contribution in [0.4, 0.5) is 0 Å². The van der Waals surface area contributed by atoms with Crippen LogP contribution >= 0.6 is 0 Å². The predicted molar refractivity (Wildman–Crippen MR) is 127 cm³/mol. The molecule has 31 heavy (non-hydrogen) atoms. The van der Waals surface area contributed by atoms with Crippen molar-refractivity contribution in [1.82, 2.24) is 4.90 Å². The molecule has 0 radical (unpaired) electrons. The molecular formula is C28H39NO2. The van der Waals surface area contributed by atoms with Gasteiger partial charge in [-0.25, -0.2) is 0 Å². The lowest BCUT2D eigenvalue weighted by atomic mass is 9.52. The third-order valence-corrected chi connectivity index (χ3v) is 8.63. The lowest BCUT2D eigenvalue weighted by Crippen LogP contribution is -2.62. The Balaban J connectivity index is 1.83. The molecule has 2 aromatic rings. The lowest BCUT2D eigenvalue weighted by Gasteiger charge is -2.56. The first-order chi connectivity index (χ1) is 14.8. The van der Waals surface area contributed by atoms with Gasteiger partial charge in [-0.2, -0.15) is 0 Å². The number of phenolic OH excluding ortho intramolecular Hbond substituents is 1.